The molecule has 1 heterocycles. The predicted octanol–water partition coefficient (Wildman–Crippen LogP) is 3.58. The monoisotopic (exact) mass is 193 g/mol. The second-order valence-electron chi connectivity index (χ2n) is 3.70. The van der Waals surface area contributed by atoms with Gasteiger partial charge in [-0.25, -0.2) is 0 Å². The fourth-order valence-electron chi connectivity index (χ4n) is 2.01. The van der Waals surface area contributed by atoms with E-state index in [0.29, 0.717) is 0 Å². The third kappa shape index (κ3) is 1.37. The number of para-hydroxylation sites is 1. The number of hydrogen-bond acceptors (Lipinski definition) is 1. The van der Waals surface area contributed by atoms with Gasteiger partial charge in [0.05, 0.1) is 5.52 Å². The third-order valence-electron chi connectivity index (χ3n) is 2.75. The van der Waals surface area contributed by atoms with Crippen molar-refractivity contribution in [2.24, 2.45) is 0 Å². The lowest BCUT2D eigenvalue weighted by Gasteiger charge is -2.05. The first-order chi connectivity index (χ1) is 7.45. The number of fused-ring (bicyclic) bond motifs is 1. The molecule has 1 aliphatic carbocycles. The van der Waals surface area contributed by atoms with Crippen molar-refractivity contribution in [1.82, 2.24) is 4.98 Å². The fraction of sp³-hybridized carbons (Fsp3) is 0.0714. The summed E-state index contributed by atoms with van der Waals surface area (Å²) in [7, 11) is 0. The highest BCUT2D eigenvalue weighted by atomic mass is 14.6. The number of allylic oxidation sites excluding steroid dienone is 4. The summed E-state index contributed by atoms with van der Waals surface area (Å²) in [4.78, 5) is 4.46. The largest absolute Gasteiger partial charge is 0.256 e. The molecule has 0 bridgehead atoms. The van der Waals surface area contributed by atoms with E-state index in [1.807, 2.05) is 12.3 Å². The van der Waals surface area contributed by atoms with Crippen LogP contribution in [0.25, 0.3) is 16.5 Å². The molecule has 2 aromatic rings. The van der Waals surface area contributed by atoms with Gasteiger partial charge in [0.2, 0.25) is 0 Å². The summed E-state index contributed by atoms with van der Waals surface area (Å²) in [6.45, 7) is 0. The zero-order valence-electron chi connectivity index (χ0n) is 8.35. The van der Waals surface area contributed by atoms with Gasteiger partial charge in [-0.15, -0.1) is 0 Å². The minimum atomic E-state index is 1.02. The van der Waals surface area contributed by atoms with Crippen LogP contribution in [-0.4, -0.2) is 4.98 Å². The Labute approximate surface area is 88.8 Å². The highest BCUT2D eigenvalue weighted by molar-refractivity contribution is 5.91. The van der Waals surface area contributed by atoms with Gasteiger partial charge < -0.3 is 0 Å². The smallest absolute Gasteiger partial charge is 0.0777 e. The van der Waals surface area contributed by atoms with Crippen LogP contribution in [0.15, 0.2) is 54.8 Å². The molecule has 1 nitrogen and oxygen atoms in total. The van der Waals surface area contributed by atoms with Gasteiger partial charge in [-0.05, 0) is 18.1 Å². The number of benzene rings is 1. The van der Waals surface area contributed by atoms with E-state index in [9.17, 15) is 0 Å². The first-order valence-electron chi connectivity index (χ1n) is 5.15. The van der Waals surface area contributed by atoms with E-state index in [1.54, 1.807) is 0 Å². The van der Waals surface area contributed by atoms with Crippen LogP contribution in [0.4, 0.5) is 0 Å². The lowest BCUT2D eigenvalue weighted by atomic mass is 10.0. The lowest BCUT2D eigenvalue weighted by Crippen LogP contribution is -1.86. The fourth-order valence-corrected chi connectivity index (χ4v) is 2.01. The maximum atomic E-state index is 4.46. The quantitative estimate of drug-likeness (QED) is 0.674. The first-order valence-corrected chi connectivity index (χ1v) is 5.15. The molecule has 0 unspecified atom stereocenters. The normalized spacial score (nSPS) is 14.5. The molecular formula is C14H11N. The van der Waals surface area contributed by atoms with Crippen LogP contribution in [0.1, 0.15) is 12.0 Å². The molecule has 1 aromatic heterocycles. The number of hydrogen-bond donors (Lipinski definition) is 0. The first kappa shape index (κ1) is 8.42. The van der Waals surface area contributed by atoms with Crippen LogP contribution in [-0.2, 0) is 0 Å². The summed E-state index contributed by atoms with van der Waals surface area (Å²) in [5.41, 5.74) is 3.73. The highest BCUT2D eigenvalue weighted by Gasteiger charge is 2.07. The molecule has 0 amide bonds. The molecule has 0 N–H and O–H groups in total. The Bertz CT molecular complexity index is 559. The van der Waals surface area contributed by atoms with Crippen LogP contribution >= 0.6 is 0 Å². The molecule has 0 radical (unpaired) electrons. The topological polar surface area (TPSA) is 12.9 Å². The van der Waals surface area contributed by atoms with Crippen LogP contribution in [0, 0.1) is 0 Å². The van der Waals surface area contributed by atoms with Gasteiger partial charge in [0.25, 0.3) is 0 Å². The Morgan fingerprint density at radius 1 is 1.07 bits per heavy atom. The SMILES string of the molecule is C1=CCC(c2cccc3cccnc23)=C1. The third-order valence-corrected chi connectivity index (χ3v) is 2.75. The van der Waals surface area contributed by atoms with E-state index in [4.69, 9.17) is 0 Å². The molecule has 1 heteroatoms. The van der Waals surface area contributed by atoms with E-state index in [-0.39, 0.29) is 0 Å². The molecule has 0 fully saturated rings. The van der Waals surface area contributed by atoms with E-state index in [2.05, 4.69) is 47.5 Å². The number of nitrogens with zero attached hydrogens (tertiary/aromatic N) is 1. The average molecular weight is 193 g/mol. The van der Waals surface area contributed by atoms with Crippen molar-refractivity contribution >= 4 is 16.5 Å². The van der Waals surface area contributed by atoms with Crippen molar-refractivity contribution in [2.45, 2.75) is 6.42 Å². The maximum Gasteiger partial charge on any atom is 0.0777 e. The van der Waals surface area contributed by atoms with Crippen molar-refractivity contribution in [2.75, 3.05) is 0 Å². The summed E-state index contributed by atoms with van der Waals surface area (Å²) in [6, 6.07) is 10.4. The van der Waals surface area contributed by atoms with E-state index in [0.717, 1.165) is 11.9 Å². The van der Waals surface area contributed by atoms with Gasteiger partial charge in [-0.3, -0.25) is 4.98 Å². The van der Waals surface area contributed by atoms with Crippen molar-refractivity contribution in [3.8, 4) is 0 Å². The van der Waals surface area contributed by atoms with Gasteiger partial charge in [0, 0.05) is 17.1 Å². The maximum absolute atomic E-state index is 4.46. The molecule has 15 heavy (non-hydrogen) atoms. The molecule has 1 aromatic carbocycles. The van der Waals surface area contributed by atoms with Crippen molar-refractivity contribution < 1.29 is 0 Å². The van der Waals surface area contributed by atoms with Crippen LogP contribution in [0.2, 0.25) is 0 Å². The summed E-state index contributed by atoms with van der Waals surface area (Å²) >= 11 is 0. The van der Waals surface area contributed by atoms with Crippen molar-refractivity contribution in [3.63, 3.8) is 0 Å². The standard InChI is InChI=1S/C14H11N/c1-2-6-11(5-1)13-9-3-7-12-8-4-10-15-14(12)13/h1-5,7-10H,6H2. The minimum Gasteiger partial charge on any atom is -0.256 e. The van der Waals surface area contributed by atoms with E-state index in [1.165, 1.54) is 16.5 Å². The van der Waals surface area contributed by atoms with Gasteiger partial charge in [0.15, 0.2) is 0 Å². The zero-order chi connectivity index (χ0) is 10.1. The minimum absolute atomic E-state index is 1.02. The zero-order valence-corrected chi connectivity index (χ0v) is 8.35. The molecule has 0 atom stereocenters. The Morgan fingerprint density at radius 2 is 2.00 bits per heavy atom. The van der Waals surface area contributed by atoms with Gasteiger partial charge in [-0.2, -0.15) is 0 Å². The molecule has 0 saturated carbocycles. The Hall–Kier alpha value is -1.89. The van der Waals surface area contributed by atoms with Gasteiger partial charge in [0.1, 0.15) is 0 Å². The van der Waals surface area contributed by atoms with Crippen molar-refractivity contribution in [3.05, 3.63) is 60.3 Å². The average Bonchev–Trinajstić information content (AvgIpc) is 2.82. The Morgan fingerprint density at radius 3 is 2.87 bits per heavy atom. The van der Waals surface area contributed by atoms with Crippen LogP contribution < -0.4 is 0 Å². The summed E-state index contributed by atoms with van der Waals surface area (Å²) in [6.07, 6.45) is 9.34. The van der Waals surface area contributed by atoms with Gasteiger partial charge >= 0.3 is 0 Å². The number of pyridine rings is 1. The number of aromatic nitrogens is 1. The van der Waals surface area contributed by atoms with Crippen LogP contribution in [0.5, 0.6) is 0 Å². The Balaban J connectivity index is 2.26. The van der Waals surface area contributed by atoms with E-state index < -0.39 is 0 Å². The van der Waals surface area contributed by atoms with Crippen LogP contribution in [0.3, 0.4) is 0 Å². The molecule has 1 aliphatic rings. The molecule has 3 rings (SSSR count). The molecule has 0 saturated heterocycles. The molecule has 0 aliphatic heterocycles. The second kappa shape index (κ2) is 3.35. The molecule has 72 valence electrons. The molecule has 0 spiro atoms. The summed E-state index contributed by atoms with van der Waals surface area (Å²) in [5, 5.41) is 1.21. The molecular weight excluding hydrogens is 182 g/mol. The number of rotatable bonds is 1. The summed E-state index contributed by atoms with van der Waals surface area (Å²) in [5.74, 6) is 0. The predicted molar refractivity (Wildman–Crippen MR) is 63.5 cm³/mol. The summed E-state index contributed by atoms with van der Waals surface area (Å²) < 4.78 is 0. The second-order valence-corrected chi connectivity index (χ2v) is 3.70. The lowest BCUT2D eigenvalue weighted by molar-refractivity contribution is 1.37. The van der Waals surface area contributed by atoms with Crippen molar-refractivity contribution in [1.29, 1.82) is 0 Å². The highest BCUT2D eigenvalue weighted by Crippen LogP contribution is 2.28. The Kier molecular flexibility index (Phi) is 1.88. The van der Waals surface area contributed by atoms with E-state index >= 15 is 0 Å². The van der Waals surface area contributed by atoms with Gasteiger partial charge in [-0.1, -0.05) is 42.5 Å².